The van der Waals surface area contributed by atoms with Crippen molar-refractivity contribution in [1.82, 2.24) is 0 Å². The van der Waals surface area contributed by atoms with Gasteiger partial charge in [0.15, 0.2) is 0 Å². The van der Waals surface area contributed by atoms with Crippen molar-refractivity contribution in [2.75, 3.05) is 6.61 Å². The van der Waals surface area contributed by atoms with Crippen molar-refractivity contribution >= 4 is 20.9 Å². The van der Waals surface area contributed by atoms with E-state index >= 15 is 0 Å². The topological polar surface area (TPSA) is 43.4 Å². The summed E-state index contributed by atoms with van der Waals surface area (Å²) in [6, 6.07) is 12.6. The number of benzene rings is 2. The Hall–Kier alpha value is -0.390. The zero-order valence-corrected chi connectivity index (χ0v) is 13.4. The number of hydrogen-bond acceptors (Lipinski definition) is 3. The van der Waals surface area contributed by atoms with Crippen molar-refractivity contribution in [2.45, 2.75) is 18.2 Å². The Labute approximate surface area is 131 Å². The van der Waals surface area contributed by atoms with E-state index in [1.54, 1.807) is 18.2 Å². The SMILES string of the molecule is CCCOS(=O)(=O)c1cccc2ccccc12.[H-].[Na+]. The van der Waals surface area contributed by atoms with Gasteiger partial charge < -0.3 is 1.43 Å². The molecular weight excluding hydrogens is 259 g/mol. The molecule has 0 aliphatic carbocycles. The Morgan fingerprint density at radius 3 is 2.50 bits per heavy atom. The molecule has 0 radical (unpaired) electrons. The van der Waals surface area contributed by atoms with Gasteiger partial charge in [0.1, 0.15) is 4.90 Å². The smallest absolute Gasteiger partial charge is 1.00 e. The third kappa shape index (κ3) is 3.33. The summed E-state index contributed by atoms with van der Waals surface area (Å²) in [7, 11) is -3.65. The second-order valence-electron chi connectivity index (χ2n) is 3.75. The molecule has 0 bridgehead atoms. The molecule has 2 aromatic rings. The molecule has 0 unspecified atom stereocenters. The van der Waals surface area contributed by atoms with Crippen LogP contribution in [0.3, 0.4) is 0 Å². The molecule has 5 heteroatoms. The molecule has 2 rings (SSSR count). The molecule has 0 aliphatic rings. The molecule has 2 aromatic carbocycles. The van der Waals surface area contributed by atoms with Gasteiger partial charge in [-0.25, -0.2) is 0 Å². The van der Waals surface area contributed by atoms with E-state index in [1.165, 1.54) is 0 Å². The van der Waals surface area contributed by atoms with Gasteiger partial charge in [0.25, 0.3) is 10.1 Å². The predicted octanol–water partition coefficient (Wildman–Crippen LogP) is 0.0716. The average Bonchev–Trinajstić information content (AvgIpc) is 2.36. The van der Waals surface area contributed by atoms with Gasteiger partial charge in [-0.05, 0) is 17.9 Å². The maximum Gasteiger partial charge on any atom is 1.00 e. The summed E-state index contributed by atoms with van der Waals surface area (Å²) in [4.78, 5) is 0.240. The van der Waals surface area contributed by atoms with Gasteiger partial charge in [0, 0.05) is 5.39 Å². The summed E-state index contributed by atoms with van der Waals surface area (Å²) >= 11 is 0. The molecule has 0 aliphatic heterocycles. The molecule has 0 amide bonds. The summed E-state index contributed by atoms with van der Waals surface area (Å²) in [5.41, 5.74) is 0. The van der Waals surface area contributed by atoms with Crippen molar-refractivity contribution in [1.29, 1.82) is 0 Å². The molecule has 0 spiro atoms. The predicted molar refractivity (Wildman–Crippen MR) is 68.5 cm³/mol. The minimum Gasteiger partial charge on any atom is -1.00 e. The van der Waals surface area contributed by atoms with E-state index in [2.05, 4.69) is 0 Å². The zero-order valence-electron chi connectivity index (χ0n) is 11.6. The quantitative estimate of drug-likeness (QED) is 0.585. The summed E-state index contributed by atoms with van der Waals surface area (Å²) in [6.07, 6.45) is 0.671. The molecule has 0 saturated carbocycles. The van der Waals surface area contributed by atoms with Crippen molar-refractivity contribution < 1.29 is 43.6 Å². The first-order chi connectivity index (χ1) is 8.15. The van der Waals surface area contributed by atoms with Crippen LogP contribution in [0.15, 0.2) is 47.4 Å². The fraction of sp³-hybridized carbons (Fsp3) is 0.231. The summed E-state index contributed by atoms with van der Waals surface area (Å²) in [5.74, 6) is 0. The van der Waals surface area contributed by atoms with E-state index in [0.29, 0.717) is 11.8 Å². The maximum atomic E-state index is 12.0. The third-order valence-corrected chi connectivity index (χ3v) is 3.83. The fourth-order valence-electron chi connectivity index (χ4n) is 1.67. The van der Waals surface area contributed by atoms with Gasteiger partial charge >= 0.3 is 29.6 Å². The van der Waals surface area contributed by atoms with Crippen molar-refractivity contribution in [3.63, 3.8) is 0 Å². The van der Waals surface area contributed by atoms with Gasteiger partial charge in [-0.3, -0.25) is 4.18 Å². The van der Waals surface area contributed by atoms with E-state index in [1.807, 2.05) is 31.2 Å². The van der Waals surface area contributed by atoms with Crippen LogP contribution < -0.4 is 29.6 Å². The monoisotopic (exact) mass is 274 g/mol. The second-order valence-corrected chi connectivity index (χ2v) is 5.34. The van der Waals surface area contributed by atoms with E-state index in [4.69, 9.17) is 4.18 Å². The van der Waals surface area contributed by atoms with Crippen LogP contribution >= 0.6 is 0 Å². The van der Waals surface area contributed by atoms with Crippen LogP contribution in [0.2, 0.25) is 0 Å². The molecule has 92 valence electrons. The molecule has 0 heterocycles. The molecule has 0 saturated heterocycles. The standard InChI is InChI=1S/C13H14O3S.Na.H/c1-2-10-16-17(14,15)13-9-5-7-11-6-3-4-8-12(11)13;;/h3-9H,2,10H2,1H3;;/q;+1;-1. The minimum atomic E-state index is -3.65. The van der Waals surface area contributed by atoms with Crippen molar-refractivity contribution in [3.8, 4) is 0 Å². The first-order valence-corrected chi connectivity index (χ1v) is 6.93. The van der Waals surface area contributed by atoms with Gasteiger partial charge in [0.05, 0.1) is 6.61 Å². The van der Waals surface area contributed by atoms with Crippen molar-refractivity contribution in [3.05, 3.63) is 42.5 Å². The van der Waals surface area contributed by atoms with Crippen LogP contribution in [0.4, 0.5) is 0 Å². The molecule has 3 nitrogen and oxygen atoms in total. The van der Waals surface area contributed by atoms with Gasteiger partial charge in [-0.15, -0.1) is 0 Å². The van der Waals surface area contributed by atoms with E-state index in [0.717, 1.165) is 5.39 Å². The molecule has 0 atom stereocenters. The van der Waals surface area contributed by atoms with E-state index < -0.39 is 10.1 Å². The van der Waals surface area contributed by atoms with Crippen LogP contribution in [-0.2, 0) is 14.3 Å². The van der Waals surface area contributed by atoms with Crippen molar-refractivity contribution in [2.24, 2.45) is 0 Å². The van der Waals surface area contributed by atoms with Crippen LogP contribution in [0.1, 0.15) is 14.8 Å². The Kier molecular flexibility index (Phi) is 5.82. The van der Waals surface area contributed by atoms with Gasteiger partial charge in [-0.2, -0.15) is 8.42 Å². The Morgan fingerprint density at radius 1 is 1.11 bits per heavy atom. The van der Waals surface area contributed by atoms with Crippen LogP contribution in [0.5, 0.6) is 0 Å². The first-order valence-electron chi connectivity index (χ1n) is 5.52. The van der Waals surface area contributed by atoms with Gasteiger partial charge in [0.2, 0.25) is 0 Å². The van der Waals surface area contributed by atoms with Gasteiger partial charge in [-0.1, -0.05) is 43.3 Å². The average molecular weight is 274 g/mol. The molecule has 18 heavy (non-hydrogen) atoms. The van der Waals surface area contributed by atoms with Crippen LogP contribution in [-0.4, -0.2) is 15.0 Å². The molecule has 0 N–H and O–H groups in total. The Bertz CT molecular complexity index is 623. The van der Waals surface area contributed by atoms with Crippen LogP contribution in [0.25, 0.3) is 10.8 Å². The van der Waals surface area contributed by atoms with E-state index in [-0.39, 0.29) is 42.5 Å². The molecule has 0 aromatic heterocycles. The molecular formula is C13H15NaO3S. The van der Waals surface area contributed by atoms with Crippen LogP contribution in [0, 0.1) is 0 Å². The van der Waals surface area contributed by atoms with E-state index in [9.17, 15) is 8.42 Å². The maximum absolute atomic E-state index is 12.0. The Morgan fingerprint density at radius 2 is 1.78 bits per heavy atom. The molecule has 0 fully saturated rings. The number of hydrogen-bond donors (Lipinski definition) is 0. The second kappa shape index (κ2) is 6.68. The third-order valence-electron chi connectivity index (χ3n) is 2.46. The summed E-state index contributed by atoms with van der Waals surface area (Å²) < 4.78 is 28.9. The Balaban J connectivity index is 0.00000162. The zero-order chi connectivity index (χ0) is 12.3. The summed E-state index contributed by atoms with van der Waals surface area (Å²) in [5, 5.41) is 1.60. The number of fused-ring (bicyclic) bond motifs is 1. The fourth-order valence-corrected chi connectivity index (χ4v) is 2.88. The first kappa shape index (κ1) is 15.7. The normalized spacial score (nSPS) is 11.2. The largest absolute Gasteiger partial charge is 1.00 e. The minimum absolute atomic E-state index is 0. The number of rotatable bonds is 4. The summed E-state index contributed by atoms with van der Waals surface area (Å²) in [6.45, 7) is 2.09.